The first-order valence-corrected chi connectivity index (χ1v) is 16.4. The van der Waals surface area contributed by atoms with E-state index in [0.717, 1.165) is 54.5 Å². The van der Waals surface area contributed by atoms with Crippen LogP contribution in [0.15, 0.2) is 71.7 Å². The molecule has 2 aliphatic carbocycles. The Balaban J connectivity index is 1.25. The van der Waals surface area contributed by atoms with Gasteiger partial charge in [0.2, 0.25) is 5.88 Å². The Kier molecular flexibility index (Phi) is 10.4. The quantitative estimate of drug-likeness (QED) is 0.192. The molecule has 5 rings (SSSR count). The van der Waals surface area contributed by atoms with E-state index in [2.05, 4.69) is 48.6 Å². The number of aromatic nitrogens is 2. The van der Waals surface area contributed by atoms with E-state index in [1.165, 1.54) is 73.4 Å². The van der Waals surface area contributed by atoms with Gasteiger partial charge in [-0.3, -0.25) is 9.69 Å². The third-order valence-corrected chi connectivity index (χ3v) is 9.33. The third kappa shape index (κ3) is 7.18. The standard InChI is InChI=1S/C38H49N3O3/c1-7-43-38-35(30(6)42)23-39-41(38)29(5)15-11-13-26(2)34-18-12-14-27(3)37(34)44-25-31-21-28(4)36-24-40(20-19-32(36)22-31)33-16-9-8-10-17-33/h11,13,15,18,21-23,33H,2,7-10,12,14,16-17,19-20,24-25H2,1,3-6H3/b13-11-,29-15+. The minimum Gasteiger partial charge on any atom is -0.488 e. The van der Waals surface area contributed by atoms with E-state index in [-0.39, 0.29) is 5.78 Å². The Hall–Kier alpha value is -3.64. The third-order valence-electron chi connectivity index (χ3n) is 9.33. The maximum absolute atomic E-state index is 12.0. The molecule has 6 heteroatoms. The monoisotopic (exact) mass is 595 g/mol. The molecule has 1 aromatic heterocycles. The van der Waals surface area contributed by atoms with Gasteiger partial charge in [-0.25, -0.2) is 4.68 Å². The van der Waals surface area contributed by atoms with Crippen LogP contribution in [0.25, 0.3) is 5.70 Å². The van der Waals surface area contributed by atoms with E-state index < -0.39 is 0 Å². The lowest BCUT2D eigenvalue weighted by Crippen LogP contribution is -2.40. The van der Waals surface area contributed by atoms with E-state index >= 15 is 0 Å². The van der Waals surface area contributed by atoms with Gasteiger partial charge in [-0.15, -0.1) is 0 Å². The van der Waals surface area contributed by atoms with Gasteiger partial charge in [-0.2, -0.15) is 5.10 Å². The first-order valence-electron chi connectivity index (χ1n) is 16.4. The van der Waals surface area contributed by atoms with Crippen molar-refractivity contribution in [2.75, 3.05) is 13.2 Å². The van der Waals surface area contributed by atoms with Gasteiger partial charge in [0, 0.05) is 30.4 Å². The number of ketones is 1. The molecular weight excluding hydrogens is 546 g/mol. The van der Waals surface area contributed by atoms with Gasteiger partial charge in [0.15, 0.2) is 5.78 Å². The number of hydrogen-bond donors (Lipinski definition) is 0. The van der Waals surface area contributed by atoms with Crippen molar-refractivity contribution >= 4 is 11.5 Å². The maximum atomic E-state index is 12.0. The number of carbonyl (C=O) groups is 1. The average molecular weight is 596 g/mol. The Labute approximate surface area is 263 Å². The van der Waals surface area contributed by atoms with Crippen LogP contribution in [0, 0.1) is 6.92 Å². The lowest BCUT2D eigenvalue weighted by atomic mass is 9.89. The van der Waals surface area contributed by atoms with E-state index in [9.17, 15) is 4.79 Å². The molecule has 44 heavy (non-hydrogen) atoms. The molecule has 2 heterocycles. The van der Waals surface area contributed by atoms with E-state index in [1.807, 2.05) is 32.1 Å². The summed E-state index contributed by atoms with van der Waals surface area (Å²) in [4.78, 5) is 14.7. The molecule has 0 spiro atoms. The number of fused-ring (bicyclic) bond motifs is 1. The van der Waals surface area contributed by atoms with Crippen molar-refractivity contribution in [3.05, 3.63) is 99.5 Å². The summed E-state index contributed by atoms with van der Waals surface area (Å²) in [5.41, 5.74) is 10.2. The van der Waals surface area contributed by atoms with Crippen LogP contribution in [0.3, 0.4) is 0 Å². The molecule has 0 N–H and O–H groups in total. The second-order valence-corrected chi connectivity index (χ2v) is 12.6. The van der Waals surface area contributed by atoms with E-state index in [4.69, 9.17) is 9.47 Å². The second-order valence-electron chi connectivity index (χ2n) is 12.6. The normalized spacial score (nSPS) is 18.4. The largest absolute Gasteiger partial charge is 0.488 e. The summed E-state index contributed by atoms with van der Waals surface area (Å²) in [7, 11) is 0. The number of Topliss-reactive ketones (excluding diaryl/α,β-unsaturated/α-hetero) is 1. The highest BCUT2D eigenvalue weighted by molar-refractivity contribution is 5.96. The van der Waals surface area contributed by atoms with Crippen LogP contribution in [0.5, 0.6) is 5.88 Å². The van der Waals surface area contributed by atoms with Crippen LogP contribution in [-0.2, 0) is 24.3 Å². The molecule has 0 saturated heterocycles. The van der Waals surface area contributed by atoms with Crippen molar-refractivity contribution in [1.82, 2.24) is 14.7 Å². The first-order chi connectivity index (χ1) is 21.3. The summed E-state index contributed by atoms with van der Waals surface area (Å²) in [6.07, 6.45) is 19.7. The van der Waals surface area contributed by atoms with Gasteiger partial charge in [-0.1, -0.05) is 56.2 Å². The highest BCUT2D eigenvalue weighted by Crippen LogP contribution is 2.34. The minimum atomic E-state index is -0.0674. The first kappa shape index (κ1) is 31.8. The van der Waals surface area contributed by atoms with Gasteiger partial charge in [0.05, 0.1) is 18.4 Å². The van der Waals surface area contributed by atoms with Gasteiger partial charge in [-0.05, 0) is 106 Å². The molecule has 2 aromatic rings. The summed E-state index contributed by atoms with van der Waals surface area (Å²) in [6, 6.07) is 5.48. The molecule has 1 fully saturated rings. The van der Waals surface area contributed by atoms with E-state index in [0.29, 0.717) is 24.7 Å². The van der Waals surface area contributed by atoms with Crippen molar-refractivity contribution in [2.45, 2.75) is 105 Å². The van der Waals surface area contributed by atoms with Crippen LogP contribution in [0.4, 0.5) is 0 Å². The number of allylic oxidation sites excluding steroid dienone is 7. The van der Waals surface area contributed by atoms with Crippen molar-refractivity contribution in [1.29, 1.82) is 0 Å². The van der Waals surface area contributed by atoms with Crippen LogP contribution < -0.4 is 4.74 Å². The second kappa shape index (κ2) is 14.4. The van der Waals surface area contributed by atoms with Crippen LogP contribution in [0.2, 0.25) is 0 Å². The number of nitrogens with zero attached hydrogens (tertiary/aromatic N) is 3. The molecule has 234 valence electrons. The Morgan fingerprint density at radius 3 is 2.66 bits per heavy atom. The lowest BCUT2D eigenvalue weighted by molar-refractivity contribution is 0.101. The highest BCUT2D eigenvalue weighted by atomic mass is 16.5. The molecule has 0 atom stereocenters. The fourth-order valence-corrected chi connectivity index (χ4v) is 6.88. The predicted octanol–water partition coefficient (Wildman–Crippen LogP) is 8.67. The van der Waals surface area contributed by atoms with Crippen molar-refractivity contribution < 1.29 is 14.3 Å². The molecule has 0 radical (unpaired) electrons. The Morgan fingerprint density at radius 2 is 1.91 bits per heavy atom. The number of carbonyl (C=O) groups excluding carboxylic acids is 1. The average Bonchev–Trinajstić information content (AvgIpc) is 3.45. The van der Waals surface area contributed by atoms with Crippen molar-refractivity contribution in [3.8, 4) is 5.88 Å². The summed E-state index contributed by atoms with van der Waals surface area (Å²) < 4.78 is 14.0. The minimum absolute atomic E-state index is 0.0674. The molecule has 6 nitrogen and oxygen atoms in total. The van der Waals surface area contributed by atoms with Gasteiger partial charge in [0.1, 0.15) is 12.4 Å². The topological polar surface area (TPSA) is 56.6 Å². The summed E-state index contributed by atoms with van der Waals surface area (Å²) in [5, 5.41) is 4.38. The van der Waals surface area contributed by atoms with Gasteiger partial charge >= 0.3 is 0 Å². The number of hydrogen-bond acceptors (Lipinski definition) is 5. The number of aryl methyl sites for hydroxylation is 1. The van der Waals surface area contributed by atoms with E-state index in [1.54, 1.807) is 10.9 Å². The van der Waals surface area contributed by atoms with Gasteiger partial charge in [0.25, 0.3) is 0 Å². The molecule has 1 saturated carbocycles. The summed E-state index contributed by atoms with van der Waals surface area (Å²) >= 11 is 0. The fourth-order valence-electron chi connectivity index (χ4n) is 6.88. The smallest absolute Gasteiger partial charge is 0.227 e. The number of rotatable bonds is 11. The van der Waals surface area contributed by atoms with Crippen LogP contribution >= 0.6 is 0 Å². The maximum Gasteiger partial charge on any atom is 0.227 e. The lowest BCUT2D eigenvalue weighted by Gasteiger charge is -2.38. The highest BCUT2D eigenvalue weighted by Gasteiger charge is 2.26. The molecule has 1 aromatic carbocycles. The molecule has 3 aliphatic rings. The molecular formula is C38H49N3O3. The predicted molar refractivity (Wildman–Crippen MR) is 179 cm³/mol. The molecule has 0 bridgehead atoms. The fraction of sp³-hybridized carbons (Fsp3) is 0.474. The zero-order chi connectivity index (χ0) is 31.2. The SMILES string of the molecule is C=C(/C=C\C=C(/C)n1ncc(C(C)=O)c1OCC)C1=CCCC(C)=C1OCc1cc(C)c2c(c1)CCN(C1CCCCC1)C2. The van der Waals surface area contributed by atoms with Crippen LogP contribution in [0.1, 0.15) is 105 Å². The van der Waals surface area contributed by atoms with Crippen molar-refractivity contribution in [3.63, 3.8) is 0 Å². The number of ether oxygens (including phenoxy) is 2. The Bertz CT molecular complexity index is 1510. The summed E-state index contributed by atoms with van der Waals surface area (Å²) in [6.45, 7) is 17.5. The molecule has 1 aliphatic heterocycles. The molecule has 0 amide bonds. The van der Waals surface area contributed by atoms with Crippen LogP contribution in [-0.4, -0.2) is 39.7 Å². The van der Waals surface area contributed by atoms with Crippen molar-refractivity contribution in [2.24, 2.45) is 0 Å². The molecule has 0 unspecified atom stereocenters. The zero-order valence-corrected chi connectivity index (χ0v) is 27.4. The Morgan fingerprint density at radius 1 is 1.11 bits per heavy atom. The van der Waals surface area contributed by atoms with Gasteiger partial charge < -0.3 is 9.47 Å². The number of benzene rings is 1. The summed E-state index contributed by atoms with van der Waals surface area (Å²) in [5.74, 6) is 1.36. The zero-order valence-electron chi connectivity index (χ0n) is 27.4.